The third-order valence-electron chi connectivity index (χ3n) is 8.59. The molecule has 4 amide bonds. The number of hydrogen-bond acceptors (Lipinski definition) is 6. The Morgan fingerprint density at radius 3 is 2.11 bits per heavy atom. The first-order valence-corrected chi connectivity index (χ1v) is 15.3. The number of piperidine rings is 1. The summed E-state index contributed by atoms with van der Waals surface area (Å²) in [6, 6.07) is 15.7. The number of halogens is 1. The molecule has 0 spiro atoms. The fourth-order valence-corrected chi connectivity index (χ4v) is 5.90. The normalized spacial score (nSPS) is 19.2. The van der Waals surface area contributed by atoms with Crippen LogP contribution in [0, 0.1) is 11.2 Å². The summed E-state index contributed by atoms with van der Waals surface area (Å²) in [5, 5.41) is 8.47. The van der Waals surface area contributed by atoms with Crippen LogP contribution in [0.5, 0.6) is 11.5 Å². The third-order valence-corrected chi connectivity index (χ3v) is 8.59. The maximum absolute atomic E-state index is 13.2. The molecule has 10 nitrogen and oxygen atoms in total. The third kappa shape index (κ3) is 6.99. The number of ether oxygens (including phenoxy) is 1. The minimum Gasteiger partial charge on any atom is -0.457 e. The van der Waals surface area contributed by atoms with Crippen molar-refractivity contribution >= 4 is 35.0 Å². The Labute approximate surface area is 256 Å². The minimum absolute atomic E-state index is 0.140. The standard InChI is InChI=1S/C33H37FN6O4/c34-23-6-8-24(9-7-23)36-30(41)33(15-16-33)31(42)37-25-10-12-27(13-11-25)44-28-14-17-35-29(21-28)38-32(43)40-20-2-1-5-26(40)22-39-18-3-4-19-39/h6-14,17,21,26H,1-5,15-16,18-20,22H2,(H,36,41)(H,37,42)(H,35,38,43). The van der Waals surface area contributed by atoms with Crippen molar-refractivity contribution in [1.29, 1.82) is 0 Å². The van der Waals surface area contributed by atoms with E-state index in [1.807, 2.05) is 4.90 Å². The molecule has 1 saturated carbocycles. The van der Waals surface area contributed by atoms with Gasteiger partial charge in [-0.05, 0) is 113 Å². The molecule has 0 bridgehead atoms. The molecular formula is C33H37FN6O4. The number of nitrogens with one attached hydrogen (secondary N) is 3. The van der Waals surface area contributed by atoms with Gasteiger partial charge in [0.05, 0.1) is 0 Å². The van der Waals surface area contributed by atoms with Crippen LogP contribution in [0.4, 0.5) is 26.4 Å². The van der Waals surface area contributed by atoms with Crippen LogP contribution in [-0.4, -0.2) is 64.9 Å². The van der Waals surface area contributed by atoms with Crippen LogP contribution in [-0.2, 0) is 9.59 Å². The maximum atomic E-state index is 13.2. The highest BCUT2D eigenvalue weighted by Gasteiger charge is 2.56. The van der Waals surface area contributed by atoms with Gasteiger partial charge in [0.2, 0.25) is 11.8 Å². The van der Waals surface area contributed by atoms with Crippen molar-refractivity contribution in [3.63, 3.8) is 0 Å². The van der Waals surface area contributed by atoms with E-state index in [0.29, 0.717) is 41.5 Å². The van der Waals surface area contributed by atoms with Crippen molar-refractivity contribution in [2.24, 2.45) is 5.41 Å². The zero-order valence-electron chi connectivity index (χ0n) is 24.6. The lowest BCUT2D eigenvalue weighted by molar-refractivity contribution is -0.131. The first-order valence-electron chi connectivity index (χ1n) is 15.3. The largest absolute Gasteiger partial charge is 0.457 e. The number of aromatic nitrogens is 1. The lowest BCUT2D eigenvalue weighted by Crippen LogP contribution is -2.50. The van der Waals surface area contributed by atoms with E-state index in [1.54, 1.807) is 42.6 Å². The van der Waals surface area contributed by atoms with E-state index in [1.165, 1.54) is 37.1 Å². The first kappa shape index (κ1) is 29.6. The topological polar surface area (TPSA) is 116 Å². The van der Waals surface area contributed by atoms with E-state index in [2.05, 4.69) is 25.8 Å². The molecule has 3 heterocycles. The van der Waals surface area contributed by atoms with Gasteiger partial charge in [-0.15, -0.1) is 0 Å². The summed E-state index contributed by atoms with van der Waals surface area (Å²) in [5.41, 5.74) is -0.191. The number of hydrogen-bond donors (Lipinski definition) is 3. The molecule has 1 atom stereocenters. The minimum atomic E-state index is -1.15. The Morgan fingerprint density at radius 1 is 0.818 bits per heavy atom. The molecule has 6 rings (SSSR count). The van der Waals surface area contributed by atoms with Crippen LogP contribution in [0.25, 0.3) is 0 Å². The summed E-state index contributed by atoms with van der Waals surface area (Å²) in [5.74, 6) is 0.244. The molecular weight excluding hydrogens is 563 g/mol. The fraction of sp³-hybridized carbons (Fsp3) is 0.394. The summed E-state index contributed by atoms with van der Waals surface area (Å²) in [6.45, 7) is 3.88. The van der Waals surface area contributed by atoms with Gasteiger partial charge in [-0.2, -0.15) is 0 Å². The number of benzene rings is 2. The Kier molecular flexibility index (Phi) is 8.74. The van der Waals surface area contributed by atoms with E-state index in [4.69, 9.17) is 4.74 Å². The number of pyridine rings is 1. The number of anilines is 3. The molecule has 3 N–H and O–H groups in total. The van der Waals surface area contributed by atoms with Gasteiger partial charge < -0.3 is 25.2 Å². The Balaban J connectivity index is 1.02. The van der Waals surface area contributed by atoms with E-state index in [-0.39, 0.29) is 12.1 Å². The number of carbonyl (C=O) groups excluding carboxylic acids is 3. The smallest absolute Gasteiger partial charge is 0.323 e. The SMILES string of the molecule is O=C(Nc1cc(Oc2ccc(NC(=O)C3(C(=O)Nc4ccc(F)cc4)CC3)cc2)ccn1)N1CCCCC1CN1CCCC1. The van der Waals surface area contributed by atoms with Gasteiger partial charge in [-0.1, -0.05) is 0 Å². The van der Waals surface area contributed by atoms with Crippen molar-refractivity contribution in [3.8, 4) is 11.5 Å². The molecule has 1 aromatic heterocycles. The molecule has 11 heteroatoms. The van der Waals surface area contributed by atoms with E-state index in [0.717, 1.165) is 45.4 Å². The van der Waals surface area contributed by atoms with Crippen LogP contribution >= 0.6 is 0 Å². The monoisotopic (exact) mass is 600 g/mol. The fourth-order valence-electron chi connectivity index (χ4n) is 5.90. The number of amides is 4. The molecule has 2 saturated heterocycles. The number of likely N-dealkylation sites (tertiary alicyclic amines) is 2. The zero-order valence-corrected chi connectivity index (χ0v) is 24.6. The van der Waals surface area contributed by atoms with Crippen molar-refractivity contribution in [1.82, 2.24) is 14.8 Å². The van der Waals surface area contributed by atoms with Crippen LogP contribution in [0.3, 0.4) is 0 Å². The Hall–Kier alpha value is -4.51. The highest BCUT2D eigenvalue weighted by molar-refractivity contribution is 6.16. The summed E-state index contributed by atoms with van der Waals surface area (Å²) in [4.78, 5) is 47.7. The highest BCUT2D eigenvalue weighted by atomic mass is 19.1. The van der Waals surface area contributed by atoms with Crippen LogP contribution < -0.4 is 20.7 Å². The Morgan fingerprint density at radius 2 is 1.45 bits per heavy atom. The van der Waals surface area contributed by atoms with Crippen molar-refractivity contribution < 1.29 is 23.5 Å². The van der Waals surface area contributed by atoms with Gasteiger partial charge in [0.15, 0.2) is 0 Å². The van der Waals surface area contributed by atoms with E-state index < -0.39 is 23.0 Å². The molecule has 1 unspecified atom stereocenters. The second-order valence-corrected chi connectivity index (χ2v) is 11.8. The summed E-state index contributed by atoms with van der Waals surface area (Å²) in [7, 11) is 0. The van der Waals surface area contributed by atoms with Gasteiger partial charge in [-0.25, -0.2) is 14.2 Å². The number of rotatable bonds is 9. The van der Waals surface area contributed by atoms with E-state index in [9.17, 15) is 18.8 Å². The molecule has 230 valence electrons. The van der Waals surface area contributed by atoms with E-state index >= 15 is 0 Å². The summed E-state index contributed by atoms with van der Waals surface area (Å²) < 4.78 is 19.2. The lowest BCUT2D eigenvalue weighted by Gasteiger charge is -2.37. The van der Waals surface area contributed by atoms with Crippen molar-refractivity contribution in [2.45, 2.75) is 51.0 Å². The molecule has 44 heavy (non-hydrogen) atoms. The summed E-state index contributed by atoms with van der Waals surface area (Å²) >= 11 is 0. The number of urea groups is 1. The summed E-state index contributed by atoms with van der Waals surface area (Å²) in [6.07, 6.45) is 8.07. The zero-order chi connectivity index (χ0) is 30.5. The molecule has 3 fully saturated rings. The number of carbonyl (C=O) groups is 3. The molecule has 1 aliphatic carbocycles. The average Bonchev–Trinajstić information content (AvgIpc) is 3.70. The first-order chi connectivity index (χ1) is 21.4. The Bertz CT molecular complexity index is 1490. The van der Waals surface area contributed by atoms with Gasteiger partial charge in [-0.3, -0.25) is 14.9 Å². The predicted octanol–water partition coefficient (Wildman–Crippen LogP) is 5.85. The molecule has 3 aliphatic rings. The van der Waals surface area contributed by atoms with Gasteiger partial charge in [0, 0.05) is 42.8 Å². The van der Waals surface area contributed by atoms with Gasteiger partial charge in [0.25, 0.3) is 0 Å². The molecule has 0 radical (unpaired) electrons. The molecule has 2 aliphatic heterocycles. The van der Waals surface area contributed by atoms with Gasteiger partial charge in [0.1, 0.15) is 28.5 Å². The second-order valence-electron chi connectivity index (χ2n) is 11.8. The van der Waals surface area contributed by atoms with Crippen molar-refractivity contribution in [3.05, 3.63) is 72.7 Å². The maximum Gasteiger partial charge on any atom is 0.323 e. The van der Waals surface area contributed by atoms with Gasteiger partial charge >= 0.3 is 6.03 Å². The lowest BCUT2D eigenvalue weighted by atomic mass is 10.0. The van der Waals surface area contributed by atoms with Crippen LogP contribution in [0.1, 0.15) is 44.9 Å². The van der Waals surface area contributed by atoms with Crippen LogP contribution in [0.15, 0.2) is 66.9 Å². The molecule has 3 aromatic rings. The predicted molar refractivity (Wildman–Crippen MR) is 165 cm³/mol. The highest BCUT2D eigenvalue weighted by Crippen LogP contribution is 2.47. The number of nitrogens with zero attached hydrogens (tertiary/aromatic N) is 3. The molecule has 2 aromatic carbocycles. The quantitative estimate of drug-likeness (QED) is 0.265. The second kappa shape index (κ2) is 13.0. The van der Waals surface area contributed by atoms with Crippen LogP contribution in [0.2, 0.25) is 0 Å². The average molecular weight is 601 g/mol. The van der Waals surface area contributed by atoms with Crippen molar-refractivity contribution in [2.75, 3.05) is 42.1 Å².